The average molecular weight is 367 g/mol. The van der Waals surface area contributed by atoms with Crippen molar-refractivity contribution in [1.29, 1.82) is 0 Å². The Hall–Kier alpha value is -2.00. The number of carbonyl (C=O) groups is 3. The first kappa shape index (κ1) is 21.0. The summed E-state index contributed by atoms with van der Waals surface area (Å²) in [5.74, 6) is -3.29. The lowest BCUT2D eigenvalue weighted by molar-refractivity contribution is -0.178. The summed E-state index contributed by atoms with van der Waals surface area (Å²) in [5, 5.41) is 13.5. The molecule has 1 aliphatic rings. The minimum absolute atomic E-state index is 0.120. The zero-order valence-corrected chi connectivity index (χ0v) is 14.7. The lowest BCUT2D eigenvalue weighted by Crippen LogP contribution is -2.69. The van der Waals surface area contributed by atoms with Gasteiger partial charge in [-0.3, -0.25) is 9.59 Å². The van der Waals surface area contributed by atoms with Gasteiger partial charge in [0.15, 0.2) is 0 Å². The van der Waals surface area contributed by atoms with Gasteiger partial charge in [0.25, 0.3) is 0 Å². The van der Waals surface area contributed by atoms with Gasteiger partial charge in [-0.1, -0.05) is 20.8 Å². The fourth-order valence-electron chi connectivity index (χ4n) is 3.54. The van der Waals surface area contributed by atoms with Crippen LogP contribution in [0.4, 0.5) is 18.0 Å². The molecular formula is C15H24F3N3O4. The van der Waals surface area contributed by atoms with Crippen molar-refractivity contribution >= 4 is 17.9 Å². The molecule has 1 fully saturated rings. The molecule has 2 atom stereocenters. The van der Waals surface area contributed by atoms with Crippen molar-refractivity contribution in [3.05, 3.63) is 0 Å². The van der Waals surface area contributed by atoms with E-state index >= 15 is 0 Å². The van der Waals surface area contributed by atoms with Crippen molar-refractivity contribution < 1.29 is 32.7 Å². The third kappa shape index (κ3) is 4.99. The molecule has 0 spiro atoms. The van der Waals surface area contributed by atoms with Crippen LogP contribution < -0.4 is 10.6 Å². The van der Waals surface area contributed by atoms with E-state index in [0.29, 0.717) is 0 Å². The topological polar surface area (TPSA) is 98.7 Å². The highest BCUT2D eigenvalue weighted by Gasteiger charge is 2.54. The summed E-state index contributed by atoms with van der Waals surface area (Å²) in [6.45, 7) is 5.08. The normalized spacial score (nSPS) is 24.6. The lowest BCUT2D eigenvalue weighted by atomic mass is 9.63. The second-order valence-electron chi connectivity index (χ2n) is 7.37. The minimum atomic E-state index is -5.14. The molecule has 0 bridgehead atoms. The van der Waals surface area contributed by atoms with Crippen LogP contribution in [0.2, 0.25) is 0 Å². The van der Waals surface area contributed by atoms with Crippen LogP contribution in [0.25, 0.3) is 0 Å². The molecule has 1 heterocycles. The summed E-state index contributed by atoms with van der Waals surface area (Å²) in [4.78, 5) is 35.8. The molecule has 0 aliphatic carbocycles. The van der Waals surface area contributed by atoms with Gasteiger partial charge in [0, 0.05) is 20.1 Å². The van der Waals surface area contributed by atoms with Gasteiger partial charge in [0.1, 0.15) is 0 Å². The van der Waals surface area contributed by atoms with Crippen molar-refractivity contribution in [2.45, 2.75) is 45.3 Å². The molecule has 0 saturated carbocycles. The highest BCUT2D eigenvalue weighted by molar-refractivity contribution is 5.84. The van der Waals surface area contributed by atoms with Crippen molar-refractivity contribution in [3.8, 4) is 0 Å². The van der Waals surface area contributed by atoms with Crippen LogP contribution >= 0.6 is 0 Å². The first-order valence-electron chi connectivity index (χ1n) is 7.81. The van der Waals surface area contributed by atoms with Gasteiger partial charge in [0.2, 0.25) is 5.91 Å². The van der Waals surface area contributed by atoms with E-state index in [-0.39, 0.29) is 19.5 Å². The molecule has 3 N–H and O–H groups in total. The number of halogens is 3. The number of carboxylic acid groups (broad SMARTS) is 1. The summed E-state index contributed by atoms with van der Waals surface area (Å²) >= 11 is 0. The smallest absolute Gasteiger partial charge is 0.465 e. The zero-order valence-electron chi connectivity index (χ0n) is 14.7. The minimum Gasteiger partial charge on any atom is -0.465 e. The Bertz CT molecular complexity index is 545. The number of nitrogens with zero attached hydrogens (tertiary/aromatic N) is 1. The quantitative estimate of drug-likeness (QED) is 0.705. The monoisotopic (exact) mass is 367 g/mol. The Balaban J connectivity index is 3.38. The van der Waals surface area contributed by atoms with Crippen LogP contribution in [0.1, 0.15) is 33.6 Å². The predicted octanol–water partition coefficient (Wildman–Crippen LogP) is 1.59. The van der Waals surface area contributed by atoms with E-state index in [9.17, 15) is 32.7 Å². The van der Waals surface area contributed by atoms with Crippen LogP contribution in [0, 0.1) is 11.3 Å². The van der Waals surface area contributed by atoms with E-state index in [4.69, 9.17) is 0 Å². The molecule has 1 rings (SSSR count). The summed E-state index contributed by atoms with van der Waals surface area (Å²) in [5.41, 5.74) is -2.21. The van der Waals surface area contributed by atoms with E-state index in [1.807, 2.05) is 5.32 Å². The molecule has 0 aromatic heterocycles. The van der Waals surface area contributed by atoms with Crippen LogP contribution in [0.5, 0.6) is 0 Å². The number of likely N-dealkylation sites (tertiary alicyclic amines) is 1. The summed E-state index contributed by atoms with van der Waals surface area (Å²) < 4.78 is 38.5. The predicted molar refractivity (Wildman–Crippen MR) is 82.8 cm³/mol. The van der Waals surface area contributed by atoms with E-state index in [1.54, 1.807) is 20.8 Å². The highest BCUT2D eigenvalue weighted by atomic mass is 19.4. The molecule has 3 amide bonds. The Morgan fingerprint density at radius 1 is 1.24 bits per heavy atom. The third-order valence-electron chi connectivity index (χ3n) is 4.52. The molecule has 0 radical (unpaired) electrons. The van der Waals surface area contributed by atoms with Crippen molar-refractivity contribution in [2.24, 2.45) is 11.3 Å². The molecule has 25 heavy (non-hydrogen) atoms. The van der Waals surface area contributed by atoms with Gasteiger partial charge in [-0.05, 0) is 17.8 Å². The summed E-state index contributed by atoms with van der Waals surface area (Å²) in [6, 6.07) is 0. The Morgan fingerprint density at radius 3 is 2.20 bits per heavy atom. The number of alkyl halides is 3. The fourth-order valence-corrected chi connectivity index (χ4v) is 3.54. The van der Waals surface area contributed by atoms with Gasteiger partial charge in [-0.25, -0.2) is 4.79 Å². The number of carbonyl (C=O) groups excluding carboxylic acids is 2. The third-order valence-corrected chi connectivity index (χ3v) is 4.52. The van der Waals surface area contributed by atoms with E-state index in [1.165, 1.54) is 7.05 Å². The second-order valence-corrected chi connectivity index (χ2v) is 7.37. The maximum Gasteiger partial charge on any atom is 0.471 e. The largest absolute Gasteiger partial charge is 0.471 e. The Labute approximate surface area is 143 Å². The van der Waals surface area contributed by atoms with Crippen molar-refractivity contribution in [3.63, 3.8) is 0 Å². The molecule has 0 aromatic rings. The molecule has 7 nitrogen and oxygen atoms in total. The molecule has 144 valence electrons. The first-order chi connectivity index (χ1) is 11.2. The van der Waals surface area contributed by atoms with E-state index < -0.39 is 47.4 Å². The first-order valence-corrected chi connectivity index (χ1v) is 7.81. The molecule has 0 aromatic carbocycles. The number of hydrogen-bond acceptors (Lipinski definition) is 3. The number of amides is 3. The number of hydrogen-bond donors (Lipinski definition) is 3. The highest BCUT2D eigenvalue weighted by Crippen LogP contribution is 2.43. The van der Waals surface area contributed by atoms with Gasteiger partial charge in [-0.15, -0.1) is 0 Å². The van der Waals surface area contributed by atoms with Gasteiger partial charge in [-0.2, -0.15) is 13.2 Å². The second kappa shape index (κ2) is 7.09. The van der Waals surface area contributed by atoms with Gasteiger partial charge >= 0.3 is 18.2 Å². The molecule has 1 aliphatic heterocycles. The standard InChI is InChI=1S/C15H24F3N3O4/c1-13(2,3)9-5-6-21(12(24)25)8-14(9,7-10(22)19-4)20-11(23)15(16,17)18/h9H,5-8H2,1-4H3,(H,19,22)(H,20,23)(H,24,25). The van der Waals surface area contributed by atoms with Crippen LogP contribution in [0.3, 0.4) is 0 Å². The molecule has 2 unspecified atom stereocenters. The van der Waals surface area contributed by atoms with Crippen LogP contribution in [-0.4, -0.2) is 59.8 Å². The number of nitrogens with one attached hydrogen (secondary N) is 2. The van der Waals surface area contributed by atoms with E-state index in [2.05, 4.69) is 5.32 Å². The van der Waals surface area contributed by atoms with Crippen LogP contribution in [0.15, 0.2) is 0 Å². The number of rotatable bonds is 3. The van der Waals surface area contributed by atoms with Crippen molar-refractivity contribution in [1.82, 2.24) is 15.5 Å². The van der Waals surface area contributed by atoms with Crippen LogP contribution in [-0.2, 0) is 9.59 Å². The zero-order chi connectivity index (χ0) is 19.6. The Kier molecular flexibility index (Phi) is 5.97. The average Bonchev–Trinajstić information content (AvgIpc) is 2.44. The summed E-state index contributed by atoms with van der Waals surface area (Å²) in [7, 11) is 1.32. The lowest BCUT2D eigenvalue weighted by Gasteiger charge is -2.52. The molecule has 10 heteroatoms. The van der Waals surface area contributed by atoms with Gasteiger partial charge < -0.3 is 20.6 Å². The van der Waals surface area contributed by atoms with Crippen molar-refractivity contribution in [2.75, 3.05) is 20.1 Å². The maximum absolute atomic E-state index is 12.8. The van der Waals surface area contributed by atoms with E-state index in [0.717, 1.165) is 4.90 Å². The maximum atomic E-state index is 12.8. The Morgan fingerprint density at radius 2 is 1.80 bits per heavy atom. The molecular weight excluding hydrogens is 343 g/mol. The molecule has 1 saturated heterocycles. The summed E-state index contributed by atoms with van der Waals surface area (Å²) in [6.07, 6.45) is -6.67. The number of piperidine rings is 1. The fraction of sp³-hybridized carbons (Fsp3) is 0.800. The van der Waals surface area contributed by atoms with Gasteiger partial charge in [0.05, 0.1) is 12.0 Å². The SMILES string of the molecule is CNC(=O)CC1(NC(=O)C(F)(F)F)CN(C(=O)O)CCC1C(C)(C)C.